The zero-order chi connectivity index (χ0) is 41.5. The molecule has 296 valence electrons. The second-order valence-electron chi connectivity index (χ2n) is 17.0. The lowest BCUT2D eigenvalue weighted by atomic mass is 9.70. The highest BCUT2D eigenvalue weighted by atomic mass is 15.2. The van der Waals surface area contributed by atoms with Gasteiger partial charge in [-0.05, 0) is 123 Å². The Morgan fingerprint density at radius 1 is 0.444 bits per heavy atom. The van der Waals surface area contributed by atoms with Gasteiger partial charge in [-0.3, -0.25) is 4.98 Å². The van der Waals surface area contributed by atoms with E-state index in [-0.39, 0.29) is 0 Å². The first-order chi connectivity index (χ1) is 31.3. The molecule has 3 heteroatoms. The van der Waals surface area contributed by atoms with E-state index in [1.807, 2.05) is 12.4 Å². The normalized spacial score (nSPS) is 14.2. The first-order valence-corrected chi connectivity index (χ1v) is 22.0. The number of anilines is 2. The SMILES string of the molecule is C1=C(c2ccc(-n3c4ccccc4c4cnccc43)cc2)CCC(N(c2ccc(-c3ccccc3)cc2)c2cccc3c2-c2ccccc2C32c3ccccc3-c3ccccc32)=C1. The lowest BCUT2D eigenvalue weighted by Gasteiger charge is -2.33. The van der Waals surface area contributed by atoms with Crippen LogP contribution in [-0.2, 0) is 5.41 Å². The largest absolute Gasteiger partial charge is 0.314 e. The minimum Gasteiger partial charge on any atom is -0.314 e. The van der Waals surface area contributed by atoms with Crippen molar-refractivity contribution in [2.24, 2.45) is 0 Å². The number of fused-ring (bicyclic) bond motifs is 13. The molecule has 13 rings (SSSR count). The lowest BCUT2D eigenvalue weighted by Crippen LogP contribution is -2.26. The summed E-state index contributed by atoms with van der Waals surface area (Å²) in [6.07, 6.45) is 10.4. The smallest absolute Gasteiger partial charge is 0.0726 e. The maximum atomic E-state index is 4.45. The molecule has 2 aromatic heterocycles. The molecule has 0 unspecified atom stereocenters. The topological polar surface area (TPSA) is 21.1 Å². The summed E-state index contributed by atoms with van der Waals surface area (Å²) in [7, 11) is 0. The van der Waals surface area contributed by atoms with Gasteiger partial charge >= 0.3 is 0 Å². The number of pyridine rings is 1. The molecule has 10 aromatic rings. The van der Waals surface area contributed by atoms with Crippen molar-refractivity contribution in [2.45, 2.75) is 18.3 Å². The number of hydrogen-bond acceptors (Lipinski definition) is 2. The van der Waals surface area contributed by atoms with E-state index in [2.05, 4.69) is 227 Å². The first-order valence-electron chi connectivity index (χ1n) is 22.0. The fraction of sp³-hybridized carbons (Fsp3) is 0.0500. The number of aromatic nitrogens is 2. The summed E-state index contributed by atoms with van der Waals surface area (Å²) in [4.78, 5) is 6.99. The summed E-state index contributed by atoms with van der Waals surface area (Å²) in [5.41, 5.74) is 22.4. The molecule has 0 saturated carbocycles. The Hall–Kier alpha value is -8.01. The first kappa shape index (κ1) is 35.7. The van der Waals surface area contributed by atoms with Gasteiger partial charge in [-0.1, -0.05) is 164 Å². The summed E-state index contributed by atoms with van der Waals surface area (Å²) in [5.74, 6) is 0. The molecule has 0 saturated heterocycles. The maximum absolute atomic E-state index is 4.45. The number of allylic oxidation sites excluding steroid dienone is 4. The zero-order valence-corrected chi connectivity index (χ0v) is 34.6. The van der Waals surface area contributed by atoms with E-state index in [4.69, 9.17) is 0 Å². The van der Waals surface area contributed by atoms with Gasteiger partial charge in [0, 0.05) is 45.8 Å². The van der Waals surface area contributed by atoms with Gasteiger partial charge in [0.25, 0.3) is 0 Å². The summed E-state index contributed by atoms with van der Waals surface area (Å²) in [6.45, 7) is 0. The van der Waals surface area contributed by atoms with Crippen LogP contribution in [-0.4, -0.2) is 9.55 Å². The summed E-state index contributed by atoms with van der Waals surface area (Å²) in [5, 5.41) is 2.39. The van der Waals surface area contributed by atoms with Crippen molar-refractivity contribution in [2.75, 3.05) is 4.90 Å². The molecule has 0 bridgehead atoms. The fourth-order valence-electron chi connectivity index (χ4n) is 11.2. The predicted molar refractivity (Wildman–Crippen MR) is 261 cm³/mol. The van der Waals surface area contributed by atoms with E-state index in [9.17, 15) is 0 Å². The van der Waals surface area contributed by atoms with Gasteiger partial charge in [-0.25, -0.2) is 0 Å². The summed E-state index contributed by atoms with van der Waals surface area (Å²) >= 11 is 0. The zero-order valence-electron chi connectivity index (χ0n) is 34.6. The summed E-state index contributed by atoms with van der Waals surface area (Å²) in [6, 6.07) is 74.0. The van der Waals surface area contributed by atoms with E-state index in [0.717, 1.165) is 24.2 Å². The average molecular weight is 804 g/mol. The number of benzene rings is 8. The average Bonchev–Trinajstić information content (AvgIpc) is 3.97. The lowest BCUT2D eigenvalue weighted by molar-refractivity contribution is 0.793. The van der Waals surface area contributed by atoms with Gasteiger partial charge < -0.3 is 9.47 Å². The Labute approximate surface area is 367 Å². The van der Waals surface area contributed by atoms with Crippen molar-refractivity contribution in [1.29, 1.82) is 0 Å². The Balaban J connectivity index is 0.951. The number of para-hydroxylation sites is 1. The van der Waals surface area contributed by atoms with E-state index in [0.29, 0.717) is 0 Å². The van der Waals surface area contributed by atoms with Crippen LogP contribution in [0.3, 0.4) is 0 Å². The molecule has 0 N–H and O–H groups in total. The molecule has 3 aliphatic rings. The standard InChI is InChI=1S/C60H41N3/c1-2-13-40(14-3-1)41-25-31-44(32-26-41)62(45-33-27-42(28-34-45)43-29-35-46(36-30-43)63-56-23-11-7-17-49(56)51-39-61-38-37-57(51)63)58-24-12-22-55-59(58)50-18-6-10-21-54(50)60(55)52-19-8-4-15-47(52)48-16-5-9-20-53(48)60/h1-27,29-33,35-39H,28,34H2. The van der Waals surface area contributed by atoms with E-state index in [1.54, 1.807) is 0 Å². The Morgan fingerprint density at radius 3 is 1.78 bits per heavy atom. The van der Waals surface area contributed by atoms with Gasteiger partial charge in [-0.2, -0.15) is 0 Å². The maximum Gasteiger partial charge on any atom is 0.0726 e. The minimum atomic E-state index is -0.408. The molecule has 63 heavy (non-hydrogen) atoms. The molecule has 1 spiro atoms. The van der Waals surface area contributed by atoms with Crippen molar-refractivity contribution >= 4 is 38.8 Å². The highest BCUT2D eigenvalue weighted by Crippen LogP contribution is 2.64. The van der Waals surface area contributed by atoms with Crippen LogP contribution < -0.4 is 4.90 Å². The Morgan fingerprint density at radius 2 is 1.05 bits per heavy atom. The molecule has 0 fully saturated rings. The van der Waals surface area contributed by atoms with Crippen LogP contribution in [0.15, 0.2) is 230 Å². The van der Waals surface area contributed by atoms with Crippen LogP contribution in [0.4, 0.5) is 11.4 Å². The minimum absolute atomic E-state index is 0.408. The molecule has 0 atom stereocenters. The van der Waals surface area contributed by atoms with Crippen LogP contribution in [0.2, 0.25) is 0 Å². The summed E-state index contributed by atoms with van der Waals surface area (Å²) < 4.78 is 2.35. The van der Waals surface area contributed by atoms with Crippen molar-refractivity contribution in [1.82, 2.24) is 9.55 Å². The number of rotatable bonds is 6. The Kier molecular flexibility index (Phi) is 7.95. The number of hydrogen-bond donors (Lipinski definition) is 0. The molecular weight excluding hydrogens is 763 g/mol. The van der Waals surface area contributed by atoms with Crippen molar-refractivity contribution in [3.8, 4) is 39.1 Å². The van der Waals surface area contributed by atoms with Crippen molar-refractivity contribution in [3.63, 3.8) is 0 Å². The van der Waals surface area contributed by atoms with E-state index >= 15 is 0 Å². The van der Waals surface area contributed by atoms with Crippen LogP contribution >= 0.6 is 0 Å². The molecule has 0 radical (unpaired) electrons. The Bertz CT molecular complexity index is 3400. The molecule has 3 aliphatic carbocycles. The van der Waals surface area contributed by atoms with E-state index in [1.165, 1.54) is 100.0 Å². The third-order valence-electron chi connectivity index (χ3n) is 13.9. The van der Waals surface area contributed by atoms with Crippen LogP contribution in [0, 0.1) is 0 Å². The predicted octanol–water partition coefficient (Wildman–Crippen LogP) is 15.1. The van der Waals surface area contributed by atoms with E-state index < -0.39 is 5.41 Å². The van der Waals surface area contributed by atoms with Crippen LogP contribution in [0.1, 0.15) is 40.7 Å². The van der Waals surface area contributed by atoms with Gasteiger partial charge in [-0.15, -0.1) is 0 Å². The van der Waals surface area contributed by atoms with Crippen molar-refractivity contribution < 1.29 is 0 Å². The van der Waals surface area contributed by atoms with Gasteiger partial charge in [0.15, 0.2) is 0 Å². The van der Waals surface area contributed by atoms with Crippen LogP contribution in [0.25, 0.3) is 66.4 Å². The van der Waals surface area contributed by atoms with Gasteiger partial charge in [0.2, 0.25) is 0 Å². The quantitative estimate of drug-likeness (QED) is 0.167. The molecule has 0 amide bonds. The van der Waals surface area contributed by atoms with Crippen LogP contribution in [0.5, 0.6) is 0 Å². The third kappa shape index (κ3) is 5.23. The highest BCUT2D eigenvalue weighted by Gasteiger charge is 2.52. The highest BCUT2D eigenvalue weighted by molar-refractivity contribution is 6.09. The molecule has 3 nitrogen and oxygen atoms in total. The number of nitrogens with zero attached hydrogens (tertiary/aromatic N) is 3. The monoisotopic (exact) mass is 803 g/mol. The third-order valence-corrected chi connectivity index (χ3v) is 13.9. The van der Waals surface area contributed by atoms with Gasteiger partial charge in [0.1, 0.15) is 0 Å². The molecule has 2 heterocycles. The second-order valence-corrected chi connectivity index (χ2v) is 17.0. The van der Waals surface area contributed by atoms with Gasteiger partial charge in [0.05, 0.1) is 22.1 Å². The molecule has 8 aromatic carbocycles. The second kappa shape index (κ2) is 14.0. The molecule has 0 aliphatic heterocycles. The molecular formula is C60H41N3. The fourth-order valence-corrected chi connectivity index (χ4v) is 11.2. The van der Waals surface area contributed by atoms with Crippen molar-refractivity contribution in [3.05, 3.63) is 258 Å².